The number of carbonyl (C=O) groups is 2. The molecule has 0 aliphatic heterocycles. The van der Waals surface area contributed by atoms with Crippen molar-refractivity contribution < 1.29 is 14.3 Å². The van der Waals surface area contributed by atoms with Crippen LogP contribution in [0.25, 0.3) is 16.9 Å². The van der Waals surface area contributed by atoms with Crippen molar-refractivity contribution in [2.24, 2.45) is 0 Å². The normalized spacial score (nSPS) is 11.6. The van der Waals surface area contributed by atoms with Gasteiger partial charge in [0.1, 0.15) is 12.4 Å². The van der Waals surface area contributed by atoms with Gasteiger partial charge in [0.25, 0.3) is 0 Å². The van der Waals surface area contributed by atoms with Crippen molar-refractivity contribution >= 4 is 17.6 Å². The van der Waals surface area contributed by atoms with Gasteiger partial charge >= 0.3 is 0 Å². The maximum Gasteiger partial charge on any atom is 0.245 e. The summed E-state index contributed by atoms with van der Waals surface area (Å²) in [5.41, 5.74) is 3.44. The molecule has 3 aromatic carbocycles. The van der Waals surface area contributed by atoms with E-state index in [4.69, 9.17) is 9.84 Å². The maximum absolute atomic E-state index is 13.5. The van der Waals surface area contributed by atoms with Crippen LogP contribution in [0.1, 0.15) is 24.8 Å². The minimum atomic E-state index is -0.328. The van der Waals surface area contributed by atoms with Crippen LogP contribution in [0.15, 0.2) is 97.1 Å². The number of carbonyl (C=O) groups excluding carboxylic acids is 2. The Morgan fingerprint density at radius 3 is 2.19 bits per heavy atom. The summed E-state index contributed by atoms with van der Waals surface area (Å²) in [6.07, 6.45) is 0.634. The maximum atomic E-state index is 13.5. The highest BCUT2D eigenvalue weighted by Crippen LogP contribution is 2.25. The molecule has 0 bridgehead atoms. The van der Waals surface area contributed by atoms with Crippen LogP contribution in [-0.4, -0.2) is 53.3 Å². The molecule has 1 unspecified atom stereocenters. The number of ether oxygens (including phenoxy) is 1. The van der Waals surface area contributed by atoms with Crippen molar-refractivity contribution in [1.29, 1.82) is 0 Å². The molecule has 0 spiro atoms. The van der Waals surface area contributed by atoms with Gasteiger partial charge in [-0.05, 0) is 24.1 Å². The van der Waals surface area contributed by atoms with Gasteiger partial charge in [-0.25, -0.2) is 4.68 Å². The summed E-state index contributed by atoms with van der Waals surface area (Å²) in [5.74, 6) is -0.193. The number of hydrogen-bond donors (Lipinski definition) is 1. The predicted molar refractivity (Wildman–Crippen MR) is 146 cm³/mol. The van der Waals surface area contributed by atoms with Gasteiger partial charge in [0, 0.05) is 25.3 Å². The number of rotatable bonds is 11. The second-order valence-corrected chi connectivity index (χ2v) is 8.70. The lowest BCUT2D eigenvalue weighted by Crippen LogP contribution is -2.42. The topological polar surface area (TPSA) is 76.5 Å². The van der Waals surface area contributed by atoms with Gasteiger partial charge in [-0.3, -0.25) is 9.59 Å². The fourth-order valence-corrected chi connectivity index (χ4v) is 4.27. The van der Waals surface area contributed by atoms with E-state index in [1.54, 1.807) is 16.7 Å². The number of nitrogens with one attached hydrogen (secondary N) is 1. The molecule has 1 heterocycles. The lowest BCUT2D eigenvalue weighted by atomic mass is 9.95. The van der Waals surface area contributed by atoms with Crippen LogP contribution in [0.5, 0.6) is 0 Å². The summed E-state index contributed by atoms with van der Waals surface area (Å²) in [7, 11) is 1.58. The van der Waals surface area contributed by atoms with Crippen LogP contribution in [0.3, 0.4) is 0 Å². The highest BCUT2D eigenvalue weighted by atomic mass is 16.5. The zero-order valence-corrected chi connectivity index (χ0v) is 21.2. The standard InChI is InChI=1S/C30H32N4O3/c1-3-26(23-13-7-4-8-14-23)30(36)33(19-20-37-2)22-29(35)31-28-21-27(24-15-9-5-10-16-24)32-34(28)25-17-11-6-12-18-25/h4-18,21,26H,3,19-20,22H2,1-2H3,(H,31,35). The third-order valence-corrected chi connectivity index (χ3v) is 6.17. The Balaban J connectivity index is 1.57. The fourth-order valence-electron chi connectivity index (χ4n) is 4.27. The van der Waals surface area contributed by atoms with Crippen LogP contribution < -0.4 is 5.32 Å². The summed E-state index contributed by atoms with van der Waals surface area (Å²) in [4.78, 5) is 28.4. The molecular weight excluding hydrogens is 464 g/mol. The minimum Gasteiger partial charge on any atom is -0.383 e. The number of benzene rings is 3. The molecule has 0 fully saturated rings. The van der Waals surface area contributed by atoms with Crippen LogP contribution in [0, 0.1) is 0 Å². The van der Waals surface area contributed by atoms with Gasteiger partial charge in [-0.1, -0.05) is 85.8 Å². The van der Waals surface area contributed by atoms with E-state index < -0.39 is 0 Å². The van der Waals surface area contributed by atoms with Crippen molar-refractivity contribution in [3.63, 3.8) is 0 Å². The molecule has 0 radical (unpaired) electrons. The molecule has 0 saturated heterocycles. The van der Waals surface area contributed by atoms with E-state index in [1.807, 2.05) is 104 Å². The Bertz CT molecular complexity index is 1290. The Kier molecular flexibility index (Phi) is 8.84. The second kappa shape index (κ2) is 12.6. The molecule has 0 aliphatic carbocycles. The minimum absolute atomic E-state index is 0.0911. The summed E-state index contributed by atoms with van der Waals surface area (Å²) in [6, 6.07) is 30.9. The zero-order valence-electron chi connectivity index (χ0n) is 21.2. The Morgan fingerprint density at radius 1 is 0.946 bits per heavy atom. The summed E-state index contributed by atoms with van der Waals surface area (Å²) in [5, 5.41) is 7.73. The molecule has 37 heavy (non-hydrogen) atoms. The van der Waals surface area contributed by atoms with E-state index in [-0.39, 0.29) is 24.3 Å². The largest absolute Gasteiger partial charge is 0.383 e. The first-order valence-corrected chi connectivity index (χ1v) is 12.4. The monoisotopic (exact) mass is 496 g/mol. The molecule has 1 N–H and O–H groups in total. The van der Waals surface area contributed by atoms with Crippen molar-refractivity contribution in [1.82, 2.24) is 14.7 Å². The highest BCUT2D eigenvalue weighted by molar-refractivity contribution is 5.95. The average Bonchev–Trinajstić information content (AvgIpc) is 3.36. The van der Waals surface area contributed by atoms with Crippen molar-refractivity contribution in [2.75, 3.05) is 32.1 Å². The van der Waals surface area contributed by atoms with Gasteiger partial charge < -0.3 is 15.0 Å². The number of aromatic nitrogens is 2. The van der Waals surface area contributed by atoms with E-state index in [2.05, 4.69) is 5.32 Å². The molecule has 0 saturated carbocycles. The van der Waals surface area contributed by atoms with Crippen molar-refractivity contribution in [3.05, 3.63) is 103 Å². The molecule has 0 aliphatic rings. The Labute approximate surface area is 217 Å². The van der Waals surface area contributed by atoms with Gasteiger partial charge in [0.15, 0.2) is 0 Å². The van der Waals surface area contributed by atoms with E-state index in [9.17, 15) is 9.59 Å². The van der Waals surface area contributed by atoms with E-state index in [0.29, 0.717) is 25.4 Å². The third kappa shape index (κ3) is 6.51. The number of para-hydroxylation sites is 1. The Hall–Kier alpha value is -4.23. The van der Waals surface area contributed by atoms with Crippen molar-refractivity contribution in [2.45, 2.75) is 19.3 Å². The second-order valence-electron chi connectivity index (χ2n) is 8.70. The van der Waals surface area contributed by atoms with Crippen molar-refractivity contribution in [3.8, 4) is 16.9 Å². The lowest BCUT2D eigenvalue weighted by Gasteiger charge is -2.26. The van der Waals surface area contributed by atoms with Crippen LogP contribution in [0.2, 0.25) is 0 Å². The number of methoxy groups -OCH3 is 1. The average molecular weight is 497 g/mol. The summed E-state index contributed by atoms with van der Waals surface area (Å²) in [6.45, 7) is 2.55. The molecule has 4 rings (SSSR count). The summed E-state index contributed by atoms with van der Waals surface area (Å²) < 4.78 is 6.94. The zero-order chi connectivity index (χ0) is 26.0. The lowest BCUT2D eigenvalue weighted by molar-refractivity contribution is -0.136. The third-order valence-electron chi connectivity index (χ3n) is 6.17. The molecule has 7 heteroatoms. The van der Waals surface area contributed by atoms with E-state index >= 15 is 0 Å². The molecule has 4 aromatic rings. The smallest absolute Gasteiger partial charge is 0.245 e. The highest BCUT2D eigenvalue weighted by Gasteiger charge is 2.26. The number of amides is 2. The van der Waals surface area contributed by atoms with Gasteiger partial charge in [-0.15, -0.1) is 0 Å². The number of anilines is 1. The summed E-state index contributed by atoms with van der Waals surface area (Å²) >= 11 is 0. The first-order valence-electron chi connectivity index (χ1n) is 12.4. The van der Waals surface area contributed by atoms with Gasteiger partial charge in [0.05, 0.1) is 23.9 Å². The SMILES string of the molecule is CCC(C(=O)N(CCOC)CC(=O)Nc1cc(-c2ccccc2)nn1-c1ccccc1)c1ccccc1. The van der Waals surface area contributed by atoms with E-state index in [0.717, 1.165) is 22.5 Å². The molecule has 1 aromatic heterocycles. The molecule has 1 atom stereocenters. The molecule has 2 amide bonds. The Morgan fingerprint density at radius 2 is 1.57 bits per heavy atom. The molecular formula is C30H32N4O3. The first kappa shape index (κ1) is 25.9. The molecule has 190 valence electrons. The van der Waals surface area contributed by atoms with Gasteiger partial charge in [0.2, 0.25) is 11.8 Å². The first-order chi connectivity index (χ1) is 18.1. The van der Waals surface area contributed by atoms with Crippen LogP contribution >= 0.6 is 0 Å². The van der Waals surface area contributed by atoms with Gasteiger partial charge in [-0.2, -0.15) is 5.10 Å². The van der Waals surface area contributed by atoms with Crippen LogP contribution in [0.4, 0.5) is 5.82 Å². The predicted octanol–water partition coefficient (Wildman–Crippen LogP) is 5.15. The number of nitrogens with zero attached hydrogens (tertiary/aromatic N) is 3. The quantitative estimate of drug-likeness (QED) is 0.312. The van der Waals surface area contributed by atoms with E-state index in [1.165, 1.54) is 0 Å². The fraction of sp³-hybridized carbons (Fsp3) is 0.233. The van der Waals surface area contributed by atoms with Crippen LogP contribution in [-0.2, 0) is 14.3 Å². The molecule has 7 nitrogen and oxygen atoms in total. The number of hydrogen-bond acceptors (Lipinski definition) is 4.